The molecular formula is C21H33ClN4O4S2. The van der Waals surface area contributed by atoms with E-state index in [-0.39, 0.29) is 23.7 Å². The molecule has 2 N–H and O–H groups in total. The zero-order valence-electron chi connectivity index (χ0n) is 18.9. The van der Waals surface area contributed by atoms with Crippen molar-refractivity contribution in [1.29, 1.82) is 0 Å². The summed E-state index contributed by atoms with van der Waals surface area (Å²) in [5, 5.41) is 5.65. The first-order chi connectivity index (χ1) is 15.1. The number of unbranched alkanes of at least 4 members (excludes halogenated alkanes) is 1. The number of thiophene rings is 1. The second-order valence-electron chi connectivity index (χ2n) is 8.16. The summed E-state index contributed by atoms with van der Waals surface area (Å²) in [7, 11) is -1.60. The van der Waals surface area contributed by atoms with Crippen molar-refractivity contribution >= 4 is 50.6 Å². The summed E-state index contributed by atoms with van der Waals surface area (Å²) in [6.07, 6.45) is 5.91. The maximum Gasteiger partial charge on any atom is 0.261 e. The Labute approximate surface area is 199 Å². The third-order valence-electron chi connectivity index (χ3n) is 5.47. The van der Waals surface area contributed by atoms with E-state index in [0.29, 0.717) is 41.0 Å². The van der Waals surface area contributed by atoms with Crippen molar-refractivity contribution in [3.63, 3.8) is 0 Å². The molecule has 0 spiro atoms. The molecule has 0 radical (unpaired) electrons. The Morgan fingerprint density at radius 3 is 2.34 bits per heavy atom. The van der Waals surface area contributed by atoms with Crippen LogP contribution >= 0.6 is 22.9 Å². The van der Waals surface area contributed by atoms with E-state index in [9.17, 15) is 18.0 Å². The fourth-order valence-corrected chi connectivity index (χ4v) is 5.37. The molecule has 1 aliphatic rings. The lowest BCUT2D eigenvalue weighted by atomic mass is 9.80. The van der Waals surface area contributed by atoms with Crippen LogP contribution in [0.1, 0.15) is 55.1 Å². The SMILES string of the molecule is CCCCN(C)C(=NS(C)(=O)=O)C1CCC(C(=O)NCCNC(=O)c2ccc(Cl)s2)CC1. The van der Waals surface area contributed by atoms with Crippen molar-refractivity contribution < 1.29 is 18.0 Å². The van der Waals surface area contributed by atoms with Gasteiger partial charge in [0.15, 0.2) is 0 Å². The van der Waals surface area contributed by atoms with Crippen LogP contribution < -0.4 is 10.6 Å². The molecule has 8 nitrogen and oxygen atoms in total. The molecule has 1 heterocycles. The Kier molecular flexibility index (Phi) is 10.4. The molecule has 1 aromatic rings. The number of sulfonamides is 1. The molecule has 0 unspecified atom stereocenters. The Hall–Kier alpha value is -1.65. The molecule has 2 rings (SSSR count). The van der Waals surface area contributed by atoms with E-state index in [1.807, 2.05) is 11.9 Å². The van der Waals surface area contributed by atoms with E-state index in [1.54, 1.807) is 12.1 Å². The van der Waals surface area contributed by atoms with Crippen LogP contribution in [-0.4, -0.2) is 63.9 Å². The third kappa shape index (κ3) is 8.71. The second-order valence-corrected chi connectivity index (χ2v) is 11.5. The summed E-state index contributed by atoms with van der Waals surface area (Å²) in [6.45, 7) is 3.54. The van der Waals surface area contributed by atoms with Crippen molar-refractivity contribution in [2.45, 2.75) is 45.4 Å². The molecule has 2 amide bonds. The predicted molar refractivity (Wildman–Crippen MR) is 130 cm³/mol. The number of nitrogens with one attached hydrogen (secondary N) is 2. The van der Waals surface area contributed by atoms with Gasteiger partial charge in [-0.05, 0) is 44.2 Å². The molecular weight excluding hydrogens is 472 g/mol. The minimum Gasteiger partial charge on any atom is -0.362 e. The van der Waals surface area contributed by atoms with Crippen molar-refractivity contribution in [3.8, 4) is 0 Å². The maximum absolute atomic E-state index is 12.5. The van der Waals surface area contributed by atoms with Gasteiger partial charge in [0.05, 0.1) is 15.5 Å². The van der Waals surface area contributed by atoms with Crippen LogP contribution in [0.25, 0.3) is 0 Å². The molecule has 0 saturated heterocycles. The number of halogens is 1. The van der Waals surface area contributed by atoms with Gasteiger partial charge in [-0.1, -0.05) is 24.9 Å². The van der Waals surface area contributed by atoms with Gasteiger partial charge >= 0.3 is 0 Å². The fourth-order valence-electron chi connectivity index (χ4n) is 3.78. The summed E-state index contributed by atoms with van der Waals surface area (Å²) in [6, 6.07) is 3.34. The molecule has 1 saturated carbocycles. The van der Waals surface area contributed by atoms with Crippen LogP contribution in [-0.2, 0) is 14.8 Å². The van der Waals surface area contributed by atoms with E-state index >= 15 is 0 Å². The van der Waals surface area contributed by atoms with Gasteiger partial charge in [0.25, 0.3) is 15.9 Å². The number of amides is 2. The fraction of sp³-hybridized carbons (Fsp3) is 0.667. The largest absolute Gasteiger partial charge is 0.362 e. The second kappa shape index (κ2) is 12.6. The van der Waals surface area contributed by atoms with Crippen molar-refractivity contribution in [2.75, 3.05) is 32.9 Å². The van der Waals surface area contributed by atoms with Crippen molar-refractivity contribution in [2.24, 2.45) is 16.2 Å². The van der Waals surface area contributed by atoms with Crippen molar-refractivity contribution in [1.82, 2.24) is 15.5 Å². The molecule has 1 aliphatic carbocycles. The first-order valence-corrected chi connectivity index (χ1v) is 14.0. The summed E-state index contributed by atoms with van der Waals surface area (Å²) < 4.78 is 28.2. The Morgan fingerprint density at radius 2 is 1.78 bits per heavy atom. The smallest absolute Gasteiger partial charge is 0.261 e. The first kappa shape index (κ1) is 26.6. The van der Waals surface area contributed by atoms with Gasteiger partial charge in [-0.15, -0.1) is 11.3 Å². The molecule has 0 atom stereocenters. The molecule has 180 valence electrons. The number of carbonyl (C=O) groups excluding carboxylic acids is 2. The maximum atomic E-state index is 12.5. The van der Waals surface area contributed by atoms with Crippen LogP contribution in [0.5, 0.6) is 0 Å². The normalized spacial score (nSPS) is 19.4. The topological polar surface area (TPSA) is 108 Å². The molecule has 32 heavy (non-hydrogen) atoms. The first-order valence-electron chi connectivity index (χ1n) is 10.9. The third-order valence-corrected chi connectivity index (χ3v) is 7.22. The molecule has 0 aromatic carbocycles. The number of hydrogen-bond acceptors (Lipinski definition) is 5. The van der Waals surface area contributed by atoms with E-state index in [2.05, 4.69) is 22.0 Å². The Morgan fingerprint density at radius 1 is 1.16 bits per heavy atom. The van der Waals surface area contributed by atoms with Gasteiger partial charge < -0.3 is 15.5 Å². The molecule has 0 bridgehead atoms. The minimum absolute atomic E-state index is 0.0298. The zero-order chi connectivity index (χ0) is 23.7. The number of rotatable bonds is 10. The minimum atomic E-state index is -3.49. The Bertz CT molecular complexity index is 909. The number of nitrogens with zero attached hydrogens (tertiary/aromatic N) is 2. The van der Waals surface area contributed by atoms with Crippen LogP contribution in [0.4, 0.5) is 0 Å². The van der Waals surface area contributed by atoms with E-state index in [4.69, 9.17) is 11.6 Å². The lowest BCUT2D eigenvalue weighted by Gasteiger charge is -2.32. The van der Waals surface area contributed by atoms with Gasteiger partial charge in [0, 0.05) is 38.5 Å². The summed E-state index contributed by atoms with van der Waals surface area (Å²) in [4.78, 5) is 27.0. The predicted octanol–water partition coefficient (Wildman–Crippen LogP) is 3.14. The molecule has 1 aromatic heterocycles. The van der Waals surface area contributed by atoms with Gasteiger partial charge in [0.2, 0.25) is 5.91 Å². The van der Waals surface area contributed by atoms with Gasteiger partial charge in [-0.2, -0.15) is 4.40 Å². The Balaban J connectivity index is 1.80. The summed E-state index contributed by atoms with van der Waals surface area (Å²) in [5.74, 6) is 0.293. The molecule has 0 aliphatic heterocycles. The monoisotopic (exact) mass is 504 g/mol. The zero-order valence-corrected chi connectivity index (χ0v) is 21.3. The summed E-state index contributed by atoms with van der Waals surface area (Å²) >= 11 is 7.05. The standard InChI is InChI=1S/C21H33ClN4O4S2/c1-4-5-14-26(2)19(25-32(3,29)30)15-6-8-16(9-7-15)20(27)23-12-13-24-21(28)17-10-11-18(22)31-17/h10-11,15-16H,4-9,12-14H2,1-3H3,(H,23,27)(H,24,28). The highest BCUT2D eigenvalue weighted by atomic mass is 35.5. The molecule has 11 heteroatoms. The highest BCUT2D eigenvalue weighted by Gasteiger charge is 2.30. The van der Waals surface area contributed by atoms with Crippen LogP contribution in [0.15, 0.2) is 16.5 Å². The highest BCUT2D eigenvalue weighted by Crippen LogP contribution is 2.31. The average Bonchev–Trinajstić information content (AvgIpc) is 3.19. The molecule has 1 fully saturated rings. The van der Waals surface area contributed by atoms with E-state index in [1.165, 1.54) is 11.3 Å². The number of amidine groups is 1. The number of hydrogen-bond donors (Lipinski definition) is 2. The lowest BCUT2D eigenvalue weighted by Crippen LogP contribution is -2.41. The highest BCUT2D eigenvalue weighted by molar-refractivity contribution is 7.89. The summed E-state index contributed by atoms with van der Waals surface area (Å²) in [5.41, 5.74) is 0. The van der Waals surface area contributed by atoms with E-state index in [0.717, 1.165) is 38.5 Å². The van der Waals surface area contributed by atoms with Crippen LogP contribution in [0.2, 0.25) is 4.34 Å². The van der Waals surface area contributed by atoms with E-state index < -0.39 is 10.0 Å². The quantitative estimate of drug-likeness (QED) is 0.289. The number of carbonyl (C=O) groups is 2. The van der Waals surface area contributed by atoms with Crippen LogP contribution in [0.3, 0.4) is 0 Å². The van der Waals surface area contributed by atoms with Crippen LogP contribution in [0, 0.1) is 11.8 Å². The van der Waals surface area contributed by atoms with Crippen molar-refractivity contribution in [3.05, 3.63) is 21.3 Å². The average molecular weight is 505 g/mol. The van der Waals surface area contributed by atoms with Gasteiger partial charge in [-0.25, -0.2) is 8.42 Å². The van der Waals surface area contributed by atoms with Gasteiger partial charge in [0.1, 0.15) is 5.84 Å². The van der Waals surface area contributed by atoms with Gasteiger partial charge in [-0.3, -0.25) is 9.59 Å². The lowest BCUT2D eigenvalue weighted by molar-refractivity contribution is -0.126.